The van der Waals surface area contributed by atoms with Gasteiger partial charge in [0.1, 0.15) is 0 Å². The molecule has 6 heteroatoms. The Hall–Kier alpha value is -2.76. The van der Waals surface area contributed by atoms with Crippen LogP contribution in [0.2, 0.25) is 5.02 Å². The minimum Gasteiger partial charge on any atom is -0.325 e. The minimum atomic E-state index is -0.188. The molecule has 0 atom stereocenters. The van der Waals surface area contributed by atoms with Crippen LogP contribution in [0.15, 0.2) is 72.8 Å². The van der Waals surface area contributed by atoms with Crippen molar-refractivity contribution in [1.29, 1.82) is 0 Å². The van der Waals surface area contributed by atoms with E-state index in [2.05, 4.69) is 31.4 Å². The van der Waals surface area contributed by atoms with Crippen LogP contribution >= 0.6 is 23.4 Å². The van der Waals surface area contributed by atoms with Crippen LogP contribution in [0.25, 0.3) is 0 Å². The smallest absolute Gasteiger partial charge is 0.255 e. The zero-order valence-corrected chi connectivity index (χ0v) is 20.0. The lowest BCUT2D eigenvalue weighted by Crippen LogP contribution is -2.16. The third-order valence-corrected chi connectivity index (χ3v) is 6.09. The van der Waals surface area contributed by atoms with Gasteiger partial charge in [-0.1, -0.05) is 62.7 Å². The Morgan fingerprint density at radius 3 is 2.12 bits per heavy atom. The molecule has 0 unspecified atom stereocenters. The Morgan fingerprint density at radius 1 is 0.875 bits per heavy atom. The fraction of sp³-hybridized carbons (Fsp3) is 0.231. The lowest BCUT2D eigenvalue weighted by molar-refractivity contribution is -0.113. The molecule has 0 aliphatic carbocycles. The van der Waals surface area contributed by atoms with Gasteiger partial charge in [-0.05, 0) is 59.0 Å². The van der Waals surface area contributed by atoms with Gasteiger partial charge < -0.3 is 10.6 Å². The number of halogens is 1. The molecule has 0 bridgehead atoms. The van der Waals surface area contributed by atoms with Crippen LogP contribution in [0.3, 0.4) is 0 Å². The first-order valence-electron chi connectivity index (χ1n) is 10.3. The molecule has 0 saturated heterocycles. The third kappa shape index (κ3) is 7.14. The van der Waals surface area contributed by atoms with Crippen LogP contribution < -0.4 is 10.6 Å². The number of hydrogen-bond acceptors (Lipinski definition) is 3. The number of carbonyl (C=O) groups excluding carboxylic acids is 2. The van der Waals surface area contributed by atoms with Crippen molar-refractivity contribution in [2.75, 3.05) is 16.4 Å². The first-order chi connectivity index (χ1) is 15.2. The molecule has 0 heterocycles. The van der Waals surface area contributed by atoms with E-state index in [-0.39, 0.29) is 17.2 Å². The summed E-state index contributed by atoms with van der Waals surface area (Å²) in [4.78, 5) is 24.9. The van der Waals surface area contributed by atoms with Crippen molar-refractivity contribution < 1.29 is 9.59 Å². The van der Waals surface area contributed by atoms with E-state index in [0.717, 1.165) is 11.3 Å². The molecule has 0 radical (unpaired) electrons. The number of anilines is 2. The van der Waals surface area contributed by atoms with Gasteiger partial charge in [-0.15, -0.1) is 11.8 Å². The van der Waals surface area contributed by atoms with Gasteiger partial charge in [-0.3, -0.25) is 9.59 Å². The summed E-state index contributed by atoms with van der Waals surface area (Å²) >= 11 is 7.42. The quantitative estimate of drug-likeness (QED) is 0.404. The average Bonchev–Trinajstić information content (AvgIpc) is 2.75. The summed E-state index contributed by atoms with van der Waals surface area (Å²) in [5, 5.41) is 6.48. The largest absolute Gasteiger partial charge is 0.325 e. The van der Waals surface area contributed by atoms with Gasteiger partial charge in [-0.2, -0.15) is 0 Å². The zero-order chi connectivity index (χ0) is 23.1. The molecule has 0 aliphatic rings. The second kappa shape index (κ2) is 10.7. The SMILES string of the molecule is CC(C)(C)c1ccc(C(=O)Nc2cccc(NC(=O)CSCc3ccc(Cl)cc3)c2)cc1. The van der Waals surface area contributed by atoms with E-state index < -0.39 is 0 Å². The maximum absolute atomic E-state index is 12.6. The molecule has 3 rings (SSSR count). The fourth-order valence-electron chi connectivity index (χ4n) is 3.04. The Morgan fingerprint density at radius 2 is 1.50 bits per heavy atom. The van der Waals surface area contributed by atoms with Crippen LogP contribution in [0.5, 0.6) is 0 Å². The van der Waals surface area contributed by atoms with Crippen molar-refractivity contribution >= 4 is 46.6 Å². The number of benzene rings is 3. The Balaban J connectivity index is 1.52. The van der Waals surface area contributed by atoms with Crippen molar-refractivity contribution in [3.05, 3.63) is 94.5 Å². The molecular weight excluding hydrogens is 440 g/mol. The van der Waals surface area contributed by atoms with Crippen molar-refractivity contribution in [1.82, 2.24) is 0 Å². The van der Waals surface area contributed by atoms with E-state index in [9.17, 15) is 9.59 Å². The van der Waals surface area contributed by atoms with Gasteiger partial charge in [-0.25, -0.2) is 0 Å². The van der Waals surface area contributed by atoms with E-state index >= 15 is 0 Å². The molecule has 2 N–H and O–H groups in total. The fourth-order valence-corrected chi connectivity index (χ4v) is 3.95. The van der Waals surface area contributed by atoms with Crippen molar-refractivity contribution in [2.24, 2.45) is 0 Å². The first kappa shape index (κ1) is 23.9. The number of carbonyl (C=O) groups is 2. The molecule has 0 aliphatic heterocycles. The van der Waals surface area contributed by atoms with Crippen LogP contribution in [-0.2, 0) is 16.0 Å². The molecule has 4 nitrogen and oxygen atoms in total. The molecule has 0 saturated carbocycles. The normalized spacial score (nSPS) is 11.1. The van der Waals surface area contributed by atoms with Gasteiger partial charge >= 0.3 is 0 Å². The summed E-state index contributed by atoms with van der Waals surface area (Å²) in [6.45, 7) is 6.41. The van der Waals surface area contributed by atoms with Gasteiger partial charge in [0.2, 0.25) is 5.91 Å². The molecule has 2 amide bonds. The highest BCUT2D eigenvalue weighted by Gasteiger charge is 2.14. The molecule has 32 heavy (non-hydrogen) atoms. The molecule has 0 aromatic heterocycles. The second-order valence-corrected chi connectivity index (χ2v) is 9.95. The van der Waals surface area contributed by atoms with Crippen LogP contribution in [0.1, 0.15) is 42.3 Å². The molecule has 166 valence electrons. The molecule has 3 aromatic carbocycles. The summed E-state index contributed by atoms with van der Waals surface area (Å²) < 4.78 is 0. The summed E-state index contributed by atoms with van der Waals surface area (Å²) in [6.07, 6.45) is 0. The van der Waals surface area contributed by atoms with Crippen molar-refractivity contribution in [3.63, 3.8) is 0 Å². The number of rotatable bonds is 7. The Bertz CT molecular complexity index is 1070. The minimum absolute atomic E-state index is 0.0364. The Kier molecular flexibility index (Phi) is 7.99. The molecular formula is C26H27ClN2O2S. The van der Waals surface area contributed by atoms with Gasteiger partial charge in [0.25, 0.3) is 5.91 Å². The molecule has 3 aromatic rings. The average molecular weight is 467 g/mol. The summed E-state index contributed by atoms with van der Waals surface area (Å²) in [5.74, 6) is 0.784. The van der Waals surface area contributed by atoms with E-state index in [0.29, 0.717) is 27.7 Å². The number of nitrogens with one attached hydrogen (secondary N) is 2. The Labute approximate surface area is 198 Å². The van der Waals surface area contributed by atoms with E-state index in [1.165, 1.54) is 17.3 Å². The third-order valence-electron chi connectivity index (χ3n) is 4.83. The topological polar surface area (TPSA) is 58.2 Å². The summed E-state index contributed by atoms with van der Waals surface area (Å²) in [6, 6.07) is 22.4. The van der Waals surface area contributed by atoms with Crippen LogP contribution in [0, 0.1) is 0 Å². The van der Waals surface area contributed by atoms with Crippen molar-refractivity contribution in [2.45, 2.75) is 31.9 Å². The van der Waals surface area contributed by atoms with Crippen molar-refractivity contribution in [3.8, 4) is 0 Å². The van der Waals surface area contributed by atoms with E-state index in [1.54, 1.807) is 24.3 Å². The molecule has 0 spiro atoms. The zero-order valence-electron chi connectivity index (χ0n) is 18.4. The first-order valence-corrected chi connectivity index (χ1v) is 11.9. The summed E-state index contributed by atoms with van der Waals surface area (Å²) in [7, 11) is 0. The van der Waals surface area contributed by atoms with Gasteiger partial charge in [0, 0.05) is 27.7 Å². The highest BCUT2D eigenvalue weighted by Crippen LogP contribution is 2.23. The lowest BCUT2D eigenvalue weighted by atomic mass is 9.87. The van der Waals surface area contributed by atoms with E-state index in [1.807, 2.05) is 48.5 Å². The molecule has 0 fully saturated rings. The van der Waals surface area contributed by atoms with Gasteiger partial charge in [0.05, 0.1) is 5.75 Å². The number of amides is 2. The van der Waals surface area contributed by atoms with Crippen LogP contribution in [0.4, 0.5) is 11.4 Å². The predicted molar refractivity (Wildman–Crippen MR) is 136 cm³/mol. The monoisotopic (exact) mass is 466 g/mol. The van der Waals surface area contributed by atoms with Crippen LogP contribution in [-0.4, -0.2) is 17.6 Å². The maximum Gasteiger partial charge on any atom is 0.255 e. The highest BCUT2D eigenvalue weighted by atomic mass is 35.5. The highest BCUT2D eigenvalue weighted by molar-refractivity contribution is 7.99. The predicted octanol–water partition coefficient (Wildman–Crippen LogP) is 6.76. The number of thioether (sulfide) groups is 1. The number of hydrogen-bond donors (Lipinski definition) is 2. The summed E-state index contributed by atoms with van der Waals surface area (Å²) in [5.41, 5.74) is 4.19. The maximum atomic E-state index is 12.6. The van der Waals surface area contributed by atoms with Gasteiger partial charge in [0.15, 0.2) is 0 Å². The second-order valence-electron chi connectivity index (χ2n) is 8.53. The standard InChI is InChI=1S/C26H27ClN2O2S/c1-26(2,3)20-11-9-19(10-12-20)25(31)29-23-6-4-5-22(15-23)28-24(30)17-32-16-18-7-13-21(27)14-8-18/h4-15H,16-17H2,1-3H3,(H,28,30)(H,29,31). The lowest BCUT2D eigenvalue weighted by Gasteiger charge is -2.19. The van der Waals surface area contributed by atoms with E-state index in [4.69, 9.17) is 11.6 Å².